The number of ether oxygens (including phenoxy) is 1. The van der Waals surface area contributed by atoms with Crippen molar-refractivity contribution < 1.29 is 9.84 Å². The van der Waals surface area contributed by atoms with Crippen LogP contribution in [-0.2, 0) is 13.1 Å². The predicted molar refractivity (Wildman–Crippen MR) is 120 cm³/mol. The van der Waals surface area contributed by atoms with Crippen molar-refractivity contribution in [1.29, 1.82) is 0 Å². The molecule has 0 bridgehead atoms. The number of aliphatic hydroxyl groups excluding tert-OH is 1. The van der Waals surface area contributed by atoms with Gasteiger partial charge in [-0.2, -0.15) is 0 Å². The van der Waals surface area contributed by atoms with Crippen molar-refractivity contribution in [3.05, 3.63) is 70.8 Å². The van der Waals surface area contributed by atoms with Gasteiger partial charge in [0.15, 0.2) is 5.82 Å². The monoisotopic (exact) mass is 438 g/mol. The molecule has 0 amide bonds. The Balaban J connectivity index is 1.39. The molecule has 2 aliphatic rings. The predicted octanol–water partition coefficient (Wildman–Crippen LogP) is 4.33. The summed E-state index contributed by atoms with van der Waals surface area (Å²) >= 11 is 6.30. The molecular weight excluding hydrogens is 412 g/mol. The Hall–Kier alpha value is -2.41. The summed E-state index contributed by atoms with van der Waals surface area (Å²) in [7, 11) is 0. The fourth-order valence-corrected chi connectivity index (χ4v) is 4.98. The molecule has 0 spiro atoms. The lowest BCUT2D eigenvalue weighted by Crippen LogP contribution is -2.25. The average Bonchev–Trinajstić information content (AvgIpc) is 3.12. The molecule has 1 saturated carbocycles. The number of fused-ring (bicyclic) bond motifs is 3. The maximum Gasteiger partial charge on any atom is 0.151 e. The molecule has 0 atom stereocenters. The summed E-state index contributed by atoms with van der Waals surface area (Å²) in [5.41, 5.74) is 2.24. The number of para-hydroxylation sites is 1. The second kappa shape index (κ2) is 8.99. The molecule has 1 aliphatic carbocycles. The molecule has 1 aromatic heterocycles. The highest BCUT2D eigenvalue weighted by molar-refractivity contribution is 6.30. The normalized spacial score (nSPS) is 21.2. The van der Waals surface area contributed by atoms with E-state index in [0.29, 0.717) is 19.0 Å². The molecule has 6 nitrogen and oxygen atoms in total. The van der Waals surface area contributed by atoms with Crippen LogP contribution in [0, 0.1) is 0 Å². The second-order valence-corrected chi connectivity index (χ2v) is 8.86. The molecular formula is C24H27ClN4O2. The van der Waals surface area contributed by atoms with Crippen molar-refractivity contribution in [2.24, 2.45) is 0 Å². The number of halogens is 1. The minimum atomic E-state index is 0.113. The molecule has 0 saturated heterocycles. The number of aromatic nitrogens is 3. The summed E-state index contributed by atoms with van der Waals surface area (Å²) in [5.74, 6) is 3.25. The van der Waals surface area contributed by atoms with E-state index in [9.17, 15) is 5.11 Å². The van der Waals surface area contributed by atoms with E-state index >= 15 is 0 Å². The van der Waals surface area contributed by atoms with Crippen molar-refractivity contribution in [2.45, 2.75) is 50.8 Å². The minimum absolute atomic E-state index is 0.113. The third-order valence-electron chi connectivity index (χ3n) is 6.30. The van der Waals surface area contributed by atoms with Crippen LogP contribution in [0.25, 0.3) is 5.69 Å². The van der Waals surface area contributed by atoms with Crippen molar-refractivity contribution in [3.8, 4) is 11.4 Å². The second-order valence-electron chi connectivity index (χ2n) is 8.42. The molecule has 3 aromatic rings. The van der Waals surface area contributed by atoms with Gasteiger partial charge in [-0.1, -0.05) is 29.8 Å². The summed E-state index contributed by atoms with van der Waals surface area (Å²) < 4.78 is 8.40. The molecule has 0 unspecified atom stereocenters. The van der Waals surface area contributed by atoms with Crippen molar-refractivity contribution in [2.75, 3.05) is 13.2 Å². The number of hydrogen-bond acceptors (Lipinski definition) is 5. The van der Waals surface area contributed by atoms with E-state index in [0.717, 1.165) is 65.9 Å². The van der Waals surface area contributed by atoms with E-state index in [4.69, 9.17) is 16.3 Å². The Bertz CT molecular complexity index is 1030. The summed E-state index contributed by atoms with van der Waals surface area (Å²) in [4.78, 5) is 2.19. The fourth-order valence-electron chi connectivity index (χ4n) is 4.79. The van der Waals surface area contributed by atoms with E-state index in [1.807, 2.05) is 42.5 Å². The van der Waals surface area contributed by atoms with Gasteiger partial charge in [0.1, 0.15) is 11.6 Å². The first kappa shape index (κ1) is 20.5. The van der Waals surface area contributed by atoms with Gasteiger partial charge in [-0.25, -0.2) is 0 Å². The van der Waals surface area contributed by atoms with E-state index in [1.54, 1.807) is 0 Å². The lowest BCUT2D eigenvalue weighted by atomic mass is 9.86. The van der Waals surface area contributed by atoms with E-state index in [1.165, 1.54) is 0 Å². The van der Waals surface area contributed by atoms with Crippen LogP contribution < -0.4 is 4.74 Å². The zero-order chi connectivity index (χ0) is 21.2. The largest absolute Gasteiger partial charge is 0.490 e. The first-order valence-electron chi connectivity index (χ1n) is 11.0. The standard InChI is InChI=1S/C24H27ClN4O2/c25-19-8-11-22-18(14-19)15-28(12-13-30)16-23-26-27-24(29(22)23)17-6-9-21(10-7-17)31-20-4-2-1-3-5-20/h1-5,8,11,14,17,21,30H,6-7,9-10,12-13,15-16H2/t17-,21-. The minimum Gasteiger partial charge on any atom is -0.490 e. The highest BCUT2D eigenvalue weighted by Crippen LogP contribution is 2.37. The molecule has 5 rings (SSSR count). The molecule has 31 heavy (non-hydrogen) atoms. The number of hydrogen-bond donors (Lipinski definition) is 1. The number of nitrogens with zero attached hydrogens (tertiary/aromatic N) is 4. The van der Waals surface area contributed by atoms with Crippen LogP contribution in [-0.4, -0.2) is 44.0 Å². The molecule has 2 aromatic carbocycles. The number of benzene rings is 2. The smallest absolute Gasteiger partial charge is 0.151 e. The first-order chi connectivity index (χ1) is 15.2. The van der Waals surface area contributed by atoms with Crippen LogP contribution in [0.2, 0.25) is 5.02 Å². The molecule has 1 fully saturated rings. The van der Waals surface area contributed by atoms with Gasteiger partial charge < -0.3 is 9.84 Å². The van der Waals surface area contributed by atoms with Crippen molar-refractivity contribution >= 4 is 11.6 Å². The summed E-state index contributed by atoms with van der Waals surface area (Å²) in [6, 6.07) is 16.1. The Kier molecular flexibility index (Phi) is 5.94. The SMILES string of the molecule is OCCN1Cc2cc(Cl)ccc2-n2c(nnc2[C@H]2CC[C@H](Oc3ccccc3)CC2)C1. The number of rotatable bonds is 5. The molecule has 1 aliphatic heterocycles. The van der Waals surface area contributed by atoms with Crippen LogP contribution in [0.5, 0.6) is 5.75 Å². The third kappa shape index (κ3) is 4.33. The summed E-state index contributed by atoms with van der Waals surface area (Å²) in [6.07, 6.45) is 4.31. The molecule has 0 radical (unpaired) electrons. The highest BCUT2D eigenvalue weighted by Gasteiger charge is 2.31. The average molecular weight is 439 g/mol. The van der Waals surface area contributed by atoms with E-state index < -0.39 is 0 Å². The van der Waals surface area contributed by atoms with Gasteiger partial charge in [-0.15, -0.1) is 10.2 Å². The van der Waals surface area contributed by atoms with Gasteiger partial charge >= 0.3 is 0 Å². The Morgan fingerprint density at radius 3 is 2.58 bits per heavy atom. The zero-order valence-electron chi connectivity index (χ0n) is 17.5. The van der Waals surface area contributed by atoms with Crippen LogP contribution in [0.15, 0.2) is 48.5 Å². The Labute approximate surface area is 187 Å². The topological polar surface area (TPSA) is 63.4 Å². The lowest BCUT2D eigenvalue weighted by molar-refractivity contribution is 0.144. The van der Waals surface area contributed by atoms with Crippen molar-refractivity contribution in [3.63, 3.8) is 0 Å². The van der Waals surface area contributed by atoms with Crippen LogP contribution in [0.3, 0.4) is 0 Å². The van der Waals surface area contributed by atoms with Gasteiger partial charge in [-0.05, 0) is 61.6 Å². The molecule has 7 heteroatoms. The fraction of sp³-hybridized carbons (Fsp3) is 0.417. The quantitative estimate of drug-likeness (QED) is 0.642. The lowest BCUT2D eigenvalue weighted by Gasteiger charge is -2.29. The van der Waals surface area contributed by atoms with E-state index in [2.05, 4.69) is 25.7 Å². The maximum atomic E-state index is 9.48. The Morgan fingerprint density at radius 1 is 1.00 bits per heavy atom. The molecule has 1 N–H and O–H groups in total. The van der Waals surface area contributed by atoms with Crippen molar-refractivity contribution in [1.82, 2.24) is 19.7 Å². The van der Waals surface area contributed by atoms with Crippen LogP contribution in [0.1, 0.15) is 48.8 Å². The summed E-state index contributed by atoms with van der Waals surface area (Å²) in [6.45, 7) is 2.10. The zero-order valence-corrected chi connectivity index (χ0v) is 18.2. The highest BCUT2D eigenvalue weighted by atomic mass is 35.5. The van der Waals surface area contributed by atoms with E-state index in [-0.39, 0.29) is 12.7 Å². The van der Waals surface area contributed by atoms with Gasteiger partial charge in [0.25, 0.3) is 0 Å². The van der Waals surface area contributed by atoms with Gasteiger partial charge in [0.05, 0.1) is 24.9 Å². The first-order valence-corrected chi connectivity index (χ1v) is 11.4. The van der Waals surface area contributed by atoms with Gasteiger partial charge in [-0.3, -0.25) is 9.47 Å². The Morgan fingerprint density at radius 2 is 1.81 bits per heavy atom. The molecule has 162 valence electrons. The third-order valence-corrected chi connectivity index (χ3v) is 6.53. The summed E-state index contributed by atoms with van der Waals surface area (Å²) in [5, 5.41) is 19.4. The van der Waals surface area contributed by atoms with Crippen LogP contribution in [0.4, 0.5) is 0 Å². The number of β-amino-alcohol motifs (C(OH)–C–C–N with tert-alkyl or cyclic N) is 1. The van der Waals surface area contributed by atoms with Gasteiger partial charge in [0, 0.05) is 24.0 Å². The van der Waals surface area contributed by atoms with Gasteiger partial charge in [0.2, 0.25) is 0 Å². The molecule has 2 heterocycles. The maximum absolute atomic E-state index is 9.48. The number of aliphatic hydroxyl groups is 1. The van der Waals surface area contributed by atoms with Crippen LogP contribution >= 0.6 is 11.6 Å².